The molecule has 0 saturated heterocycles. The van der Waals surface area contributed by atoms with Crippen LogP contribution in [0.4, 0.5) is 8.78 Å². The van der Waals surface area contributed by atoms with E-state index in [0.29, 0.717) is 6.42 Å². The van der Waals surface area contributed by atoms with Crippen LogP contribution in [0.25, 0.3) is 0 Å². The minimum Gasteiger partial charge on any atom is -0.487 e. The van der Waals surface area contributed by atoms with Crippen molar-refractivity contribution >= 4 is 0 Å². The van der Waals surface area contributed by atoms with Crippen molar-refractivity contribution in [1.29, 1.82) is 0 Å². The second-order valence-corrected chi connectivity index (χ2v) is 3.69. The molecule has 0 aliphatic carbocycles. The van der Waals surface area contributed by atoms with Gasteiger partial charge in [-0.2, -0.15) is 4.39 Å². The predicted molar refractivity (Wildman–Crippen MR) is 54.7 cm³/mol. The summed E-state index contributed by atoms with van der Waals surface area (Å²) in [6.45, 7) is 3.61. The Hall–Kier alpha value is -1.16. The summed E-state index contributed by atoms with van der Waals surface area (Å²) in [6, 6.07) is 3.83. The first kappa shape index (κ1) is 11.9. The van der Waals surface area contributed by atoms with Gasteiger partial charge >= 0.3 is 0 Å². The van der Waals surface area contributed by atoms with Gasteiger partial charge in [0.15, 0.2) is 11.6 Å². The summed E-state index contributed by atoms with van der Waals surface area (Å²) in [5.74, 6) is -1.92. The summed E-state index contributed by atoms with van der Waals surface area (Å²) < 4.78 is 31.2. The van der Waals surface area contributed by atoms with E-state index in [9.17, 15) is 8.78 Å². The van der Waals surface area contributed by atoms with Crippen molar-refractivity contribution < 1.29 is 13.5 Å². The summed E-state index contributed by atoms with van der Waals surface area (Å²) in [5, 5.41) is 0. The molecule has 0 radical (unpaired) electrons. The molecule has 0 amide bonds. The Morgan fingerprint density at radius 3 is 2.60 bits per heavy atom. The standard InChI is InChI=1S/C11H15F2NO/c1-7(14)6-8(2)15-10-5-3-4-9(12)11(10)13/h3-5,7-8H,6,14H2,1-2H3. The van der Waals surface area contributed by atoms with Crippen LogP contribution in [0, 0.1) is 11.6 Å². The molecule has 2 N–H and O–H groups in total. The van der Waals surface area contributed by atoms with Crippen LogP contribution in [-0.2, 0) is 0 Å². The average Bonchev–Trinajstić information content (AvgIpc) is 2.11. The largest absolute Gasteiger partial charge is 0.487 e. The van der Waals surface area contributed by atoms with E-state index in [4.69, 9.17) is 10.5 Å². The van der Waals surface area contributed by atoms with Crippen molar-refractivity contribution in [3.05, 3.63) is 29.8 Å². The minimum absolute atomic E-state index is 0.0309. The lowest BCUT2D eigenvalue weighted by molar-refractivity contribution is 0.192. The molecule has 84 valence electrons. The van der Waals surface area contributed by atoms with Gasteiger partial charge in [-0.1, -0.05) is 6.07 Å². The molecular weight excluding hydrogens is 200 g/mol. The molecule has 1 aromatic rings. The summed E-state index contributed by atoms with van der Waals surface area (Å²) in [4.78, 5) is 0. The molecule has 2 unspecified atom stereocenters. The van der Waals surface area contributed by atoms with Gasteiger partial charge in [0.1, 0.15) is 0 Å². The van der Waals surface area contributed by atoms with Gasteiger partial charge in [-0.25, -0.2) is 4.39 Å². The molecule has 0 fully saturated rings. The molecule has 0 aromatic heterocycles. The summed E-state index contributed by atoms with van der Waals surface area (Å²) >= 11 is 0. The Bertz CT molecular complexity index is 328. The quantitative estimate of drug-likeness (QED) is 0.837. The molecule has 0 aliphatic rings. The number of ether oxygens (including phenoxy) is 1. The number of hydrogen-bond acceptors (Lipinski definition) is 2. The number of halogens is 2. The first-order valence-corrected chi connectivity index (χ1v) is 4.87. The zero-order chi connectivity index (χ0) is 11.4. The van der Waals surface area contributed by atoms with Gasteiger partial charge in [0.2, 0.25) is 5.82 Å². The normalized spacial score (nSPS) is 14.7. The van der Waals surface area contributed by atoms with Gasteiger partial charge in [0, 0.05) is 6.04 Å². The fraction of sp³-hybridized carbons (Fsp3) is 0.455. The lowest BCUT2D eigenvalue weighted by Crippen LogP contribution is -2.25. The molecule has 15 heavy (non-hydrogen) atoms. The van der Waals surface area contributed by atoms with Crippen molar-refractivity contribution in [3.63, 3.8) is 0 Å². The van der Waals surface area contributed by atoms with Crippen LogP contribution in [0.2, 0.25) is 0 Å². The molecule has 1 rings (SSSR count). The lowest BCUT2D eigenvalue weighted by atomic mass is 10.2. The lowest BCUT2D eigenvalue weighted by Gasteiger charge is -2.16. The Labute approximate surface area is 88.0 Å². The maximum Gasteiger partial charge on any atom is 0.200 e. The number of nitrogens with two attached hydrogens (primary N) is 1. The van der Waals surface area contributed by atoms with Crippen molar-refractivity contribution in [3.8, 4) is 5.75 Å². The second-order valence-electron chi connectivity index (χ2n) is 3.69. The molecule has 0 bridgehead atoms. The van der Waals surface area contributed by atoms with E-state index >= 15 is 0 Å². The Morgan fingerprint density at radius 1 is 1.33 bits per heavy atom. The number of hydrogen-bond donors (Lipinski definition) is 1. The minimum atomic E-state index is -0.950. The van der Waals surface area contributed by atoms with Crippen molar-refractivity contribution in [1.82, 2.24) is 0 Å². The summed E-state index contributed by atoms with van der Waals surface area (Å²) in [6.07, 6.45) is 0.358. The zero-order valence-corrected chi connectivity index (χ0v) is 8.84. The van der Waals surface area contributed by atoms with Gasteiger partial charge in [-0.15, -0.1) is 0 Å². The highest BCUT2D eigenvalue weighted by molar-refractivity contribution is 5.25. The number of rotatable bonds is 4. The van der Waals surface area contributed by atoms with Crippen molar-refractivity contribution in [2.45, 2.75) is 32.4 Å². The van der Waals surface area contributed by atoms with Crippen LogP contribution in [0.15, 0.2) is 18.2 Å². The molecule has 0 heterocycles. The van der Waals surface area contributed by atoms with Crippen LogP contribution >= 0.6 is 0 Å². The Kier molecular flexibility index (Phi) is 4.03. The topological polar surface area (TPSA) is 35.2 Å². The van der Waals surface area contributed by atoms with E-state index < -0.39 is 11.6 Å². The van der Waals surface area contributed by atoms with Gasteiger partial charge in [0.25, 0.3) is 0 Å². The van der Waals surface area contributed by atoms with Gasteiger partial charge in [-0.05, 0) is 32.4 Å². The monoisotopic (exact) mass is 215 g/mol. The SMILES string of the molecule is CC(N)CC(C)Oc1cccc(F)c1F. The van der Waals surface area contributed by atoms with Crippen molar-refractivity contribution in [2.24, 2.45) is 5.73 Å². The molecule has 1 aromatic carbocycles. The van der Waals surface area contributed by atoms with E-state index in [0.717, 1.165) is 6.07 Å². The third kappa shape index (κ3) is 3.47. The first-order chi connectivity index (χ1) is 7.00. The van der Waals surface area contributed by atoms with Crippen molar-refractivity contribution in [2.75, 3.05) is 0 Å². The Balaban J connectivity index is 2.68. The highest BCUT2D eigenvalue weighted by Crippen LogP contribution is 2.21. The Morgan fingerprint density at radius 2 is 2.00 bits per heavy atom. The van der Waals surface area contributed by atoms with E-state index in [1.165, 1.54) is 12.1 Å². The molecular formula is C11H15F2NO. The highest BCUT2D eigenvalue weighted by Gasteiger charge is 2.12. The third-order valence-corrected chi connectivity index (χ3v) is 1.95. The van der Waals surface area contributed by atoms with Crippen LogP contribution in [-0.4, -0.2) is 12.1 Å². The molecule has 4 heteroatoms. The molecule has 2 atom stereocenters. The first-order valence-electron chi connectivity index (χ1n) is 4.87. The van der Waals surface area contributed by atoms with Gasteiger partial charge < -0.3 is 10.5 Å². The smallest absolute Gasteiger partial charge is 0.200 e. The molecule has 0 aliphatic heterocycles. The van der Waals surface area contributed by atoms with Crippen LogP contribution < -0.4 is 10.5 Å². The van der Waals surface area contributed by atoms with E-state index in [1.807, 2.05) is 6.92 Å². The summed E-state index contributed by atoms with van der Waals surface area (Å²) in [5.41, 5.74) is 5.57. The maximum atomic E-state index is 13.2. The van der Waals surface area contributed by atoms with Crippen LogP contribution in [0.3, 0.4) is 0 Å². The predicted octanol–water partition coefficient (Wildman–Crippen LogP) is 2.47. The van der Waals surface area contributed by atoms with E-state index in [-0.39, 0.29) is 17.9 Å². The average molecular weight is 215 g/mol. The van der Waals surface area contributed by atoms with Crippen LogP contribution in [0.1, 0.15) is 20.3 Å². The third-order valence-electron chi connectivity index (χ3n) is 1.95. The molecule has 2 nitrogen and oxygen atoms in total. The van der Waals surface area contributed by atoms with Crippen LogP contribution in [0.5, 0.6) is 5.75 Å². The molecule has 0 spiro atoms. The number of benzene rings is 1. The second kappa shape index (κ2) is 5.07. The summed E-state index contributed by atoms with van der Waals surface area (Å²) in [7, 11) is 0. The fourth-order valence-corrected chi connectivity index (χ4v) is 1.36. The highest BCUT2D eigenvalue weighted by atomic mass is 19.2. The van der Waals surface area contributed by atoms with E-state index in [1.54, 1.807) is 6.92 Å². The zero-order valence-electron chi connectivity index (χ0n) is 8.84. The molecule has 0 saturated carbocycles. The van der Waals surface area contributed by atoms with E-state index in [2.05, 4.69) is 0 Å². The fourth-order valence-electron chi connectivity index (χ4n) is 1.36. The van der Waals surface area contributed by atoms with Gasteiger partial charge in [-0.3, -0.25) is 0 Å². The van der Waals surface area contributed by atoms with Gasteiger partial charge in [0.05, 0.1) is 6.10 Å². The maximum absolute atomic E-state index is 13.2.